The van der Waals surface area contributed by atoms with Gasteiger partial charge in [0, 0.05) is 35.1 Å². The van der Waals surface area contributed by atoms with Gasteiger partial charge in [0.05, 0.1) is 0 Å². The molecule has 0 spiro atoms. The minimum absolute atomic E-state index is 0. The maximum absolute atomic E-state index is 10.1. The van der Waals surface area contributed by atoms with Crippen LogP contribution in [0, 0.1) is 0 Å². The number of aromatic nitrogens is 3. The average Bonchev–Trinajstić information content (AvgIpc) is 3.18. The summed E-state index contributed by atoms with van der Waals surface area (Å²) in [6, 6.07) is 11.3. The topological polar surface area (TPSA) is 86.2 Å². The van der Waals surface area contributed by atoms with E-state index >= 15 is 0 Å². The molecule has 2 aromatic heterocycles. The predicted octanol–water partition coefficient (Wildman–Crippen LogP) is 4.88. The first kappa shape index (κ1) is 20.8. The lowest BCUT2D eigenvalue weighted by Crippen LogP contribution is -2.00. The number of aromatic amines is 1. The molecule has 1 aliphatic heterocycles. The number of pyridine rings is 1. The zero-order valence-corrected chi connectivity index (χ0v) is 16.3. The van der Waals surface area contributed by atoms with Gasteiger partial charge in [-0.1, -0.05) is 23.7 Å². The zero-order chi connectivity index (χ0) is 17.2. The summed E-state index contributed by atoms with van der Waals surface area (Å²) in [6.45, 7) is 0.539. The molecule has 0 unspecified atom stereocenters. The standard InChI is InChI=1S/C18H14ClN5O.2ClH/c19-13-4-1-3-11(7-13)9-22-18-23-15(17(25)24-18)8-12-10-21-16-14(12)5-2-6-20-16;;/h1-8,10,25H,9H2,(H2,22,23,24);2*1H/b12-8+;;. The van der Waals surface area contributed by atoms with Gasteiger partial charge in [-0.15, -0.1) is 24.8 Å². The number of benzene rings is 1. The van der Waals surface area contributed by atoms with E-state index in [-0.39, 0.29) is 30.7 Å². The Morgan fingerprint density at radius 3 is 2.85 bits per heavy atom. The van der Waals surface area contributed by atoms with Crippen LogP contribution in [0.15, 0.2) is 47.6 Å². The van der Waals surface area contributed by atoms with Crippen molar-refractivity contribution in [3.05, 3.63) is 64.4 Å². The number of allylic oxidation sites excluding steroid dienone is 1. The summed E-state index contributed by atoms with van der Waals surface area (Å²) in [5, 5.41) is 13.9. The average molecular weight is 425 g/mol. The number of H-pyrrole nitrogens is 1. The first-order valence-electron chi connectivity index (χ1n) is 7.67. The van der Waals surface area contributed by atoms with Gasteiger partial charge in [0.15, 0.2) is 5.82 Å². The van der Waals surface area contributed by atoms with Crippen molar-refractivity contribution in [3.8, 4) is 5.88 Å². The van der Waals surface area contributed by atoms with Gasteiger partial charge in [-0.05, 0) is 35.9 Å². The van der Waals surface area contributed by atoms with Gasteiger partial charge in [0.25, 0.3) is 0 Å². The number of rotatable bonds is 4. The van der Waals surface area contributed by atoms with Crippen LogP contribution in [0.2, 0.25) is 5.02 Å². The number of imidazole rings is 1. The van der Waals surface area contributed by atoms with E-state index < -0.39 is 0 Å². The van der Waals surface area contributed by atoms with Crippen LogP contribution < -0.4 is 5.32 Å². The lowest BCUT2D eigenvalue weighted by Gasteiger charge is -2.03. The van der Waals surface area contributed by atoms with Crippen LogP contribution in [0.3, 0.4) is 0 Å². The fourth-order valence-electron chi connectivity index (χ4n) is 2.59. The Balaban J connectivity index is 0.00000131. The highest BCUT2D eigenvalue weighted by Gasteiger charge is 2.14. The van der Waals surface area contributed by atoms with Crippen molar-refractivity contribution in [3.63, 3.8) is 0 Å². The molecule has 0 radical (unpaired) electrons. The quantitative estimate of drug-likeness (QED) is 0.557. The van der Waals surface area contributed by atoms with E-state index in [0.29, 0.717) is 29.0 Å². The summed E-state index contributed by atoms with van der Waals surface area (Å²) in [5.41, 5.74) is 3.31. The van der Waals surface area contributed by atoms with Crippen LogP contribution in [0.25, 0.3) is 11.6 Å². The van der Waals surface area contributed by atoms with Crippen LogP contribution in [0.1, 0.15) is 16.8 Å². The first-order chi connectivity index (χ1) is 12.2. The van der Waals surface area contributed by atoms with Gasteiger partial charge < -0.3 is 15.4 Å². The molecular weight excluding hydrogens is 409 g/mol. The van der Waals surface area contributed by atoms with Gasteiger partial charge >= 0.3 is 0 Å². The number of hydrogen-bond acceptors (Lipinski definition) is 5. The second-order valence-corrected chi connectivity index (χ2v) is 5.98. The maximum Gasteiger partial charge on any atom is 0.238 e. The molecule has 1 aliphatic rings. The normalized spacial score (nSPS) is 13.0. The molecule has 6 nitrogen and oxygen atoms in total. The van der Waals surface area contributed by atoms with Crippen LogP contribution in [0.5, 0.6) is 5.88 Å². The second kappa shape index (κ2) is 8.90. The van der Waals surface area contributed by atoms with E-state index in [0.717, 1.165) is 16.7 Å². The smallest absolute Gasteiger partial charge is 0.238 e. The van der Waals surface area contributed by atoms with Crippen molar-refractivity contribution in [2.24, 2.45) is 4.99 Å². The number of aromatic hydroxyl groups is 1. The predicted molar refractivity (Wildman–Crippen MR) is 114 cm³/mol. The molecule has 140 valence electrons. The van der Waals surface area contributed by atoms with E-state index in [9.17, 15) is 5.11 Å². The van der Waals surface area contributed by atoms with Crippen LogP contribution in [-0.2, 0) is 6.54 Å². The Labute approximate surface area is 173 Å². The molecule has 3 N–H and O–H groups in total. The lowest BCUT2D eigenvalue weighted by molar-refractivity contribution is 0.455. The number of halogens is 3. The first-order valence-corrected chi connectivity index (χ1v) is 8.05. The van der Waals surface area contributed by atoms with E-state index in [1.165, 1.54) is 0 Å². The molecule has 3 heterocycles. The number of fused-ring (bicyclic) bond motifs is 1. The Bertz CT molecular complexity index is 1000. The van der Waals surface area contributed by atoms with Crippen molar-refractivity contribution in [2.75, 3.05) is 5.32 Å². The lowest BCUT2D eigenvalue weighted by atomic mass is 10.1. The Hall–Kier alpha value is -2.54. The van der Waals surface area contributed by atoms with E-state index in [2.05, 4.69) is 25.3 Å². The van der Waals surface area contributed by atoms with Crippen molar-refractivity contribution in [1.82, 2.24) is 15.0 Å². The molecular formula is C18H16Cl3N5O. The zero-order valence-electron chi connectivity index (χ0n) is 13.9. The summed E-state index contributed by atoms with van der Waals surface area (Å²) in [5.74, 6) is 1.07. The molecule has 0 aliphatic carbocycles. The largest absolute Gasteiger partial charge is 0.492 e. The number of nitrogens with zero attached hydrogens (tertiary/aromatic N) is 3. The van der Waals surface area contributed by atoms with Crippen LogP contribution >= 0.6 is 36.4 Å². The summed E-state index contributed by atoms with van der Waals surface area (Å²) >= 11 is 5.98. The van der Waals surface area contributed by atoms with Gasteiger partial charge in [-0.25, -0.2) is 9.98 Å². The Kier molecular flexibility index (Phi) is 6.85. The number of nitrogens with one attached hydrogen (secondary N) is 2. The van der Waals surface area contributed by atoms with Crippen LogP contribution in [0.4, 0.5) is 11.8 Å². The monoisotopic (exact) mass is 423 g/mol. The molecule has 0 saturated carbocycles. The second-order valence-electron chi connectivity index (χ2n) is 5.54. The molecule has 0 fully saturated rings. The van der Waals surface area contributed by atoms with E-state index in [4.69, 9.17) is 11.6 Å². The van der Waals surface area contributed by atoms with Gasteiger partial charge in [0.2, 0.25) is 11.8 Å². The number of aliphatic imine (C=N–C) groups is 1. The van der Waals surface area contributed by atoms with Crippen LogP contribution in [-0.4, -0.2) is 26.3 Å². The van der Waals surface area contributed by atoms with E-state index in [1.54, 1.807) is 18.5 Å². The summed E-state index contributed by atoms with van der Waals surface area (Å²) in [7, 11) is 0. The molecule has 4 rings (SSSR count). The molecule has 0 amide bonds. The number of hydrogen-bond donors (Lipinski definition) is 3. The molecule has 27 heavy (non-hydrogen) atoms. The third-order valence-corrected chi connectivity index (χ3v) is 4.02. The highest BCUT2D eigenvalue weighted by Crippen LogP contribution is 2.31. The van der Waals surface area contributed by atoms with Crippen molar-refractivity contribution < 1.29 is 5.11 Å². The van der Waals surface area contributed by atoms with Crippen molar-refractivity contribution >= 4 is 66.0 Å². The molecule has 9 heteroatoms. The van der Waals surface area contributed by atoms with Crippen molar-refractivity contribution in [1.29, 1.82) is 0 Å². The minimum Gasteiger partial charge on any atom is -0.492 e. The van der Waals surface area contributed by atoms with E-state index in [1.807, 2.05) is 36.4 Å². The van der Waals surface area contributed by atoms with Gasteiger partial charge in [-0.2, -0.15) is 4.98 Å². The maximum atomic E-state index is 10.1. The molecule has 1 aromatic carbocycles. The fraction of sp³-hybridized carbons (Fsp3) is 0.0556. The SMILES string of the molecule is Cl.Cl.Oc1nc(NCc2cccc(Cl)c2)[nH]c1/C=C1\C=Nc2ncccc21. The minimum atomic E-state index is -0.0770. The highest BCUT2D eigenvalue weighted by atomic mass is 35.5. The van der Waals surface area contributed by atoms with Gasteiger partial charge in [-0.3, -0.25) is 0 Å². The Morgan fingerprint density at radius 1 is 1.19 bits per heavy atom. The van der Waals surface area contributed by atoms with Gasteiger partial charge in [0.1, 0.15) is 5.69 Å². The molecule has 0 atom stereocenters. The third-order valence-electron chi connectivity index (χ3n) is 3.78. The fourth-order valence-corrected chi connectivity index (χ4v) is 2.80. The Morgan fingerprint density at radius 2 is 2.04 bits per heavy atom. The molecule has 3 aromatic rings. The summed E-state index contributed by atoms with van der Waals surface area (Å²) in [6.07, 6.45) is 5.21. The molecule has 0 bridgehead atoms. The third kappa shape index (κ3) is 4.60. The van der Waals surface area contributed by atoms with Crippen molar-refractivity contribution in [2.45, 2.75) is 6.54 Å². The summed E-state index contributed by atoms with van der Waals surface area (Å²) < 4.78 is 0. The highest BCUT2D eigenvalue weighted by molar-refractivity contribution is 6.30. The molecule has 0 saturated heterocycles. The number of anilines is 1. The summed E-state index contributed by atoms with van der Waals surface area (Å²) in [4.78, 5) is 15.6.